The number of anilines is 1. The van der Waals surface area contributed by atoms with Gasteiger partial charge in [0.2, 0.25) is 6.10 Å². The van der Waals surface area contributed by atoms with Gasteiger partial charge in [-0.3, -0.25) is 0 Å². The molecule has 0 fully saturated rings. The first-order valence-electron chi connectivity index (χ1n) is 5.70. The standard InChI is InChI=1S/C12H12F3NO3/c1-2-18-11(17)10-6-16-8-5-7(12(13,14)15)3-4-9(8)19-10/h3-5,10,16H,2,6H2,1H3/t10-/m0/s1. The van der Waals surface area contributed by atoms with E-state index in [1.807, 2.05) is 0 Å². The van der Waals surface area contributed by atoms with Crippen molar-refractivity contribution in [3.8, 4) is 5.75 Å². The number of benzene rings is 1. The third-order valence-corrected chi connectivity index (χ3v) is 2.60. The Morgan fingerprint density at radius 2 is 2.26 bits per heavy atom. The lowest BCUT2D eigenvalue weighted by molar-refractivity contribution is -0.151. The second-order valence-electron chi connectivity index (χ2n) is 3.95. The molecule has 1 aliphatic heterocycles. The molecule has 1 N–H and O–H groups in total. The van der Waals surface area contributed by atoms with Crippen LogP contribution in [-0.2, 0) is 15.7 Å². The van der Waals surface area contributed by atoms with Crippen molar-refractivity contribution in [3.63, 3.8) is 0 Å². The third-order valence-electron chi connectivity index (χ3n) is 2.60. The highest BCUT2D eigenvalue weighted by molar-refractivity contribution is 5.77. The Hall–Kier alpha value is -1.92. The summed E-state index contributed by atoms with van der Waals surface area (Å²) in [5, 5.41) is 2.74. The number of hydrogen-bond donors (Lipinski definition) is 1. The fourth-order valence-corrected chi connectivity index (χ4v) is 1.71. The lowest BCUT2D eigenvalue weighted by atomic mass is 10.1. The molecule has 0 spiro atoms. The number of carbonyl (C=O) groups is 1. The van der Waals surface area contributed by atoms with E-state index in [-0.39, 0.29) is 24.6 Å². The first kappa shape index (κ1) is 13.5. The summed E-state index contributed by atoms with van der Waals surface area (Å²) in [6, 6.07) is 3.06. The summed E-state index contributed by atoms with van der Waals surface area (Å²) in [6.07, 6.45) is -5.25. The fourth-order valence-electron chi connectivity index (χ4n) is 1.71. The van der Waals surface area contributed by atoms with Gasteiger partial charge in [0.25, 0.3) is 0 Å². The van der Waals surface area contributed by atoms with Crippen LogP contribution >= 0.6 is 0 Å². The summed E-state index contributed by atoms with van der Waals surface area (Å²) in [5.74, 6) is -0.335. The lowest BCUT2D eigenvalue weighted by Gasteiger charge is -2.26. The zero-order chi connectivity index (χ0) is 14.0. The number of nitrogens with one attached hydrogen (secondary N) is 1. The number of esters is 1. The molecule has 19 heavy (non-hydrogen) atoms. The van der Waals surface area contributed by atoms with Gasteiger partial charge in [-0.15, -0.1) is 0 Å². The Bertz CT molecular complexity index is 488. The summed E-state index contributed by atoms with van der Waals surface area (Å²) >= 11 is 0. The molecule has 0 saturated heterocycles. The Kier molecular flexibility index (Phi) is 3.55. The molecule has 0 amide bonds. The maximum atomic E-state index is 12.5. The largest absolute Gasteiger partial charge is 0.475 e. The highest BCUT2D eigenvalue weighted by Gasteiger charge is 2.33. The van der Waals surface area contributed by atoms with Gasteiger partial charge in [-0.05, 0) is 25.1 Å². The van der Waals surface area contributed by atoms with Crippen molar-refractivity contribution in [1.29, 1.82) is 0 Å². The van der Waals surface area contributed by atoms with Crippen molar-refractivity contribution in [2.45, 2.75) is 19.2 Å². The summed E-state index contributed by atoms with van der Waals surface area (Å²) in [7, 11) is 0. The average molecular weight is 275 g/mol. The van der Waals surface area contributed by atoms with Crippen molar-refractivity contribution >= 4 is 11.7 Å². The molecule has 0 aliphatic carbocycles. The highest BCUT2D eigenvalue weighted by Crippen LogP contribution is 2.36. The first-order valence-corrected chi connectivity index (χ1v) is 5.70. The van der Waals surface area contributed by atoms with Gasteiger partial charge in [0.05, 0.1) is 24.4 Å². The van der Waals surface area contributed by atoms with Crippen LogP contribution in [0, 0.1) is 0 Å². The predicted octanol–water partition coefficient (Wildman–Crippen LogP) is 2.44. The quantitative estimate of drug-likeness (QED) is 0.842. The van der Waals surface area contributed by atoms with Crippen LogP contribution in [0.3, 0.4) is 0 Å². The number of fused-ring (bicyclic) bond motifs is 1. The Labute approximate surface area is 107 Å². The Morgan fingerprint density at radius 1 is 1.53 bits per heavy atom. The average Bonchev–Trinajstić information content (AvgIpc) is 2.36. The van der Waals surface area contributed by atoms with Crippen LogP contribution in [-0.4, -0.2) is 25.2 Å². The number of alkyl halides is 3. The Balaban J connectivity index is 2.17. The molecule has 104 valence electrons. The number of rotatable bonds is 2. The SMILES string of the molecule is CCOC(=O)[C@@H]1CNc2cc(C(F)(F)F)ccc2O1. The van der Waals surface area contributed by atoms with Crippen LogP contribution in [0.2, 0.25) is 0 Å². The minimum Gasteiger partial charge on any atom is -0.475 e. The number of hydrogen-bond acceptors (Lipinski definition) is 4. The molecule has 0 bridgehead atoms. The van der Waals surface area contributed by atoms with Crippen LogP contribution in [0.25, 0.3) is 0 Å². The van der Waals surface area contributed by atoms with E-state index in [1.165, 1.54) is 6.07 Å². The molecular weight excluding hydrogens is 263 g/mol. The van der Waals surface area contributed by atoms with Crippen molar-refractivity contribution in [2.24, 2.45) is 0 Å². The van der Waals surface area contributed by atoms with Crippen LogP contribution < -0.4 is 10.1 Å². The van der Waals surface area contributed by atoms with Crippen molar-refractivity contribution < 1.29 is 27.4 Å². The van der Waals surface area contributed by atoms with E-state index in [0.29, 0.717) is 0 Å². The molecule has 0 radical (unpaired) electrons. The summed E-state index contributed by atoms with van der Waals surface area (Å²) in [6.45, 7) is 1.96. The van der Waals surface area contributed by atoms with Gasteiger partial charge in [0, 0.05) is 0 Å². The molecule has 1 heterocycles. The van der Waals surface area contributed by atoms with E-state index >= 15 is 0 Å². The molecule has 1 aromatic carbocycles. The molecule has 0 saturated carbocycles. The van der Waals surface area contributed by atoms with Gasteiger partial charge in [-0.25, -0.2) is 4.79 Å². The van der Waals surface area contributed by atoms with E-state index in [4.69, 9.17) is 9.47 Å². The second kappa shape index (κ2) is 4.99. The fraction of sp³-hybridized carbons (Fsp3) is 0.417. The van der Waals surface area contributed by atoms with Gasteiger partial charge in [0.1, 0.15) is 5.75 Å². The zero-order valence-corrected chi connectivity index (χ0v) is 10.1. The smallest absolute Gasteiger partial charge is 0.416 e. The van der Waals surface area contributed by atoms with Gasteiger partial charge in [-0.1, -0.05) is 0 Å². The molecule has 7 heteroatoms. The van der Waals surface area contributed by atoms with Crippen LogP contribution in [0.15, 0.2) is 18.2 Å². The molecule has 0 unspecified atom stereocenters. The zero-order valence-electron chi connectivity index (χ0n) is 10.1. The van der Waals surface area contributed by atoms with Crippen LogP contribution in [0.1, 0.15) is 12.5 Å². The van der Waals surface area contributed by atoms with E-state index < -0.39 is 23.8 Å². The van der Waals surface area contributed by atoms with Gasteiger partial charge >= 0.3 is 12.1 Å². The van der Waals surface area contributed by atoms with Gasteiger partial charge < -0.3 is 14.8 Å². The van der Waals surface area contributed by atoms with Gasteiger partial charge in [-0.2, -0.15) is 13.2 Å². The number of halogens is 3. The van der Waals surface area contributed by atoms with Crippen molar-refractivity contribution in [1.82, 2.24) is 0 Å². The normalized spacial score (nSPS) is 18.0. The topological polar surface area (TPSA) is 47.6 Å². The predicted molar refractivity (Wildman–Crippen MR) is 61.0 cm³/mol. The maximum Gasteiger partial charge on any atom is 0.416 e. The highest BCUT2D eigenvalue weighted by atomic mass is 19.4. The van der Waals surface area contributed by atoms with E-state index in [1.54, 1.807) is 6.92 Å². The maximum absolute atomic E-state index is 12.5. The number of ether oxygens (including phenoxy) is 2. The molecular formula is C12H12F3NO3. The van der Waals surface area contributed by atoms with E-state index in [2.05, 4.69) is 5.32 Å². The van der Waals surface area contributed by atoms with Crippen LogP contribution in [0.4, 0.5) is 18.9 Å². The second-order valence-corrected chi connectivity index (χ2v) is 3.95. The molecule has 0 aromatic heterocycles. The number of carbonyl (C=O) groups excluding carboxylic acids is 1. The molecule has 4 nitrogen and oxygen atoms in total. The van der Waals surface area contributed by atoms with E-state index in [0.717, 1.165) is 12.1 Å². The first-order chi connectivity index (χ1) is 8.91. The monoisotopic (exact) mass is 275 g/mol. The molecule has 1 aromatic rings. The third kappa shape index (κ3) is 2.91. The molecule has 1 aliphatic rings. The van der Waals surface area contributed by atoms with Gasteiger partial charge in [0.15, 0.2) is 0 Å². The summed E-state index contributed by atoms with van der Waals surface area (Å²) < 4.78 is 47.7. The van der Waals surface area contributed by atoms with Crippen molar-refractivity contribution in [3.05, 3.63) is 23.8 Å². The summed E-state index contributed by atoms with van der Waals surface area (Å²) in [5.41, 5.74) is -0.549. The minimum absolute atomic E-state index is 0.0765. The Morgan fingerprint density at radius 3 is 2.89 bits per heavy atom. The summed E-state index contributed by atoms with van der Waals surface area (Å²) in [4.78, 5) is 11.5. The molecule has 2 rings (SSSR count). The lowest BCUT2D eigenvalue weighted by Crippen LogP contribution is -2.39. The van der Waals surface area contributed by atoms with E-state index in [9.17, 15) is 18.0 Å². The van der Waals surface area contributed by atoms with Crippen LogP contribution in [0.5, 0.6) is 5.75 Å². The van der Waals surface area contributed by atoms with Crippen molar-refractivity contribution in [2.75, 3.05) is 18.5 Å². The molecule has 1 atom stereocenters. The minimum atomic E-state index is -4.41.